The van der Waals surface area contributed by atoms with Crippen molar-refractivity contribution in [2.75, 3.05) is 0 Å². The van der Waals surface area contributed by atoms with Crippen LogP contribution in [0, 0.1) is 5.92 Å². The van der Waals surface area contributed by atoms with Gasteiger partial charge in [-0.15, -0.1) is 0 Å². The number of hydrogen-bond acceptors (Lipinski definition) is 0. The van der Waals surface area contributed by atoms with E-state index in [0.717, 1.165) is 0 Å². The minimum atomic E-state index is -2.77. The van der Waals surface area contributed by atoms with Gasteiger partial charge in [-0.25, -0.2) is 0 Å². The van der Waals surface area contributed by atoms with Crippen molar-refractivity contribution in [2.24, 2.45) is 0 Å². The summed E-state index contributed by atoms with van der Waals surface area (Å²) >= 11 is -2.77. The topological polar surface area (TPSA) is 0 Å². The van der Waals surface area contributed by atoms with Gasteiger partial charge in [0.25, 0.3) is 0 Å². The molecule has 0 spiro atoms. The fourth-order valence-electron chi connectivity index (χ4n) is 0.718. The van der Waals surface area contributed by atoms with Crippen LogP contribution in [0.4, 0.5) is 5.25 Å². The summed E-state index contributed by atoms with van der Waals surface area (Å²) in [6.07, 6.45) is 6.41. The molecule has 0 N–H and O–H groups in total. The molecule has 1 aliphatic rings. The Morgan fingerprint density at radius 2 is 1.70 bits per heavy atom. The molecule has 1 aliphatic carbocycles. The van der Waals surface area contributed by atoms with Crippen LogP contribution in [0.25, 0.3) is 0 Å². The van der Waals surface area contributed by atoms with Crippen LogP contribution in [0.2, 0.25) is 0 Å². The zero-order valence-corrected chi connectivity index (χ0v) is 8.45. The number of hydrogen-bond donors (Lipinski definition) is 0. The van der Waals surface area contributed by atoms with Gasteiger partial charge in [-0.05, 0) is 6.92 Å². The van der Waals surface area contributed by atoms with Crippen molar-refractivity contribution in [1.82, 2.24) is 0 Å². The summed E-state index contributed by atoms with van der Waals surface area (Å²) in [6, 6.07) is 0. The Bertz CT molecular complexity index is 141. The van der Waals surface area contributed by atoms with E-state index in [4.69, 9.17) is 0 Å². The SMILES string of the molecule is C[C]1C=CC(C)=C1.[F][Zr][F]. The molecule has 0 aromatic rings. The second-order valence-corrected chi connectivity index (χ2v) is 2.39. The van der Waals surface area contributed by atoms with E-state index in [1.54, 1.807) is 0 Å². The van der Waals surface area contributed by atoms with E-state index in [0.29, 0.717) is 0 Å². The first-order valence-corrected chi connectivity index (χ1v) is 4.72. The second-order valence-electron chi connectivity index (χ2n) is 2.04. The molecule has 55 valence electrons. The summed E-state index contributed by atoms with van der Waals surface area (Å²) in [5, 5.41) is 0. The molecule has 0 fully saturated rings. The van der Waals surface area contributed by atoms with Crippen molar-refractivity contribution < 1.29 is 29.7 Å². The van der Waals surface area contributed by atoms with Crippen LogP contribution in [-0.4, -0.2) is 0 Å². The Hall–Kier alpha value is 0.223. The molecule has 1 rings (SSSR count). The predicted molar refractivity (Wildman–Crippen MR) is 34.0 cm³/mol. The predicted octanol–water partition coefficient (Wildman–Crippen LogP) is 2.93. The molecule has 3 heteroatoms. The fourth-order valence-corrected chi connectivity index (χ4v) is 0.718. The summed E-state index contributed by atoms with van der Waals surface area (Å²) in [6.45, 7) is 4.21. The first-order valence-electron chi connectivity index (χ1n) is 2.87. The summed E-state index contributed by atoms with van der Waals surface area (Å²) in [4.78, 5) is 0. The third-order valence-electron chi connectivity index (χ3n) is 1.06. The van der Waals surface area contributed by atoms with Gasteiger partial charge in [-0.2, -0.15) is 0 Å². The third kappa shape index (κ3) is 5.04. The molecule has 0 aliphatic heterocycles. The van der Waals surface area contributed by atoms with Crippen molar-refractivity contribution in [3.8, 4) is 0 Å². The molecular formula is C7H9F2Zr. The molecule has 0 unspecified atom stereocenters. The summed E-state index contributed by atoms with van der Waals surface area (Å²) in [5.41, 5.74) is 1.36. The van der Waals surface area contributed by atoms with Crippen LogP contribution in [0.1, 0.15) is 13.8 Å². The van der Waals surface area contributed by atoms with Crippen molar-refractivity contribution >= 4 is 0 Å². The second kappa shape index (κ2) is 5.97. The fraction of sp³-hybridized carbons (Fsp3) is 0.286. The van der Waals surface area contributed by atoms with Crippen molar-refractivity contribution in [1.29, 1.82) is 0 Å². The summed E-state index contributed by atoms with van der Waals surface area (Å²) < 4.78 is 19.6. The Morgan fingerprint density at radius 1 is 1.20 bits per heavy atom. The average molecular weight is 222 g/mol. The Kier molecular flexibility index (Phi) is 6.10. The molecule has 0 amide bonds. The van der Waals surface area contributed by atoms with Gasteiger partial charge in [0, 0.05) is 5.92 Å². The molecule has 0 saturated carbocycles. The first-order chi connectivity index (χ1) is 4.70. The summed E-state index contributed by atoms with van der Waals surface area (Å²) in [5.74, 6) is 1.36. The van der Waals surface area contributed by atoms with Crippen LogP contribution in [0.3, 0.4) is 0 Å². The average Bonchev–Trinajstić information content (AvgIpc) is 2.17. The zero-order chi connectivity index (χ0) is 7.98. The van der Waals surface area contributed by atoms with E-state index >= 15 is 0 Å². The van der Waals surface area contributed by atoms with Crippen molar-refractivity contribution in [3.05, 3.63) is 29.7 Å². The van der Waals surface area contributed by atoms with Crippen LogP contribution >= 0.6 is 0 Å². The number of halogens is 2. The van der Waals surface area contributed by atoms with Gasteiger partial charge in [-0.3, -0.25) is 0 Å². The van der Waals surface area contributed by atoms with Crippen LogP contribution < -0.4 is 0 Å². The standard InChI is InChI=1S/C7H9.2FH.Zr/c1-6-3-4-7(2)5-6;;;/h3-5H,1-2H3;2*1H;/q;;;+2/p-2. The Labute approximate surface area is 73.3 Å². The zero-order valence-electron chi connectivity index (χ0n) is 5.99. The Morgan fingerprint density at radius 3 is 1.80 bits per heavy atom. The van der Waals surface area contributed by atoms with Gasteiger partial charge >= 0.3 is 29.7 Å². The van der Waals surface area contributed by atoms with Gasteiger partial charge in [-0.1, -0.05) is 30.7 Å². The molecule has 0 aromatic carbocycles. The molecule has 0 saturated heterocycles. The van der Waals surface area contributed by atoms with E-state index in [-0.39, 0.29) is 0 Å². The molecule has 0 atom stereocenters. The number of rotatable bonds is 0. The molecule has 0 heterocycles. The molecular weight excluding hydrogens is 213 g/mol. The van der Waals surface area contributed by atoms with E-state index < -0.39 is 24.5 Å². The van der Waals surface area contributed by atoms with Crippen LogP contribution in [0.15, 0.2) is 23.8 Å². The van der Waals surface area contributed by atoms with E-state index in [1.165, 1.54) is 11.5 Å². The van der Waals surface area contributed by atoms with Gasteiger partial charge in [0.1, 0.15) is 0 Å². The maximum atomic E-state index is 9.80. The Balaban J connectivity index is 0.000000236. The summed E-state index contributed by atoms with van der Waals surface area (Å²) in [7, 11) is 0. The molecule has 1 radical (unpaired) electrons. The molecule has 10 heavy (non-hydrogen) atoms. The van der Waals surface area contributed by atoms with E-state index in [9.17, 15) is 5.25 Å². The van der Waals surface area contributed by atoms with E-state index in [2.05, 4.69) is 32.1 Å². The number of allylic oxidation sites excluding steroid dienone is 4. The maximum absolute atomic E-state index is 9.80. The first kappa shape index (κ1) is 10.2. The molecule has 0 aromatic heterocycles. The normalized spacial score (nSPS) is 15.8. The van der Waals surface area contributed by atoms with Crippen molar-refractivity contribution in [3.63, 3.8) is 0 Å². The van der Waals surface area contributed by atoms with Crippen LogP contribution in [-0.2, 0) is 24.5 Å². The molecule has 0 nitrogen and oxygen atoms in total. The van der Waals surface area contributed by atoms with E-state index in [1.807, 2.05) is 0 Å². The van der Waals surface area contributed by atoms with Gasteiger partial charge < -0.3 is 0 Å². The minimum absolute atomic E-state index is 1.36. The van der Waals surface area contributed by atoms with Gasteiger partial charge in [0.2, 0.25) is 0 Å². The van der Waals surface area contributed by atoms with Crippen LogP contribution in [0.5, 0.6) is 0 Å². The van der Waals surface area contributed by atoms with Crippen molar-refractivity contribution in [2.45, 2.75) is 13.8 Å². The third-order valence-corrected chi connectivity index (χ3v) is 1.06. The van der Waals surface area contributed by atoms with Gasteiger partial charge in [0.05, 0.1) is 0 Å². The van der Waals surface area contributed by atoms with Gasteiger partial charge in [0.15, 0.2) is 0 Å². The molecule has 0 bridgehead atoms. The monoisotopic (exact) mass is 221 g/mol. The quantitative estimate of drug-likeness (QED) is 0.591.